The Kier molecular flexibility index (Phi) is 11.6. The normalized spacial score (nSPS) is 12.0. The molecule has 0 aromatic heterocycles. The quantitative estimate of drug-likeness (QED) is 0.185. The third-order valence-electron chi connectivity index (χ3n) is 6.77. The van der Waals surface area contributed by atoms with Gasteiger partial charge in [-0.1, -0.05) is 55.2 Å². The SMILES string of the molecule is COc1ccc(Cl)cc1N(CC(=O)N(Cc1ccc(Cl)cc1)[C@@H](C)C(=O)NCC(C)C)S(=O)(=O)c1ccc(C)c([N+](=O)[O-])c1. The van der Waals surface area contributed by atoms with Gasteiger partial charge in [0.25, 0.3) is 15.7 Å². The molecule has 1 atom stereocenters. The number of anilines is 1. The van der Waals surface area contributed by atoms with Crippen LogP contribution in [0.1, 0.15) is 31.9 Å². The molecule has 0 aliphatic rings. The van der Waals surface area contributed by atoms with Crippen LogP contribution in [0.4, 0.5) is 11.4 Å². The van der Waals surface area contributed by atoms with E-state index >= 15 is 0 Å². The van der Waals surface area contributed by atoms with Gasteiger partial charge in [0.1, 0.15) is 18.3 Å². The number of hydrogen-bond acceptors (Lipinski definition) is 7. The van der Waals surface area contributed by atoms with Gasteiger partial charge in [0.05, 0.1) is 22.6 Å². The fourth-order valence-electron chi connectivity index (χ4n) is 4.27. The van der Waals surface area contributed by atoms with Crippen molar-refractivity contribution in [3.63, 3.8) is 0 Å². The number of carbonyl (C=O) groups excluding carboxylic acids is 2. The van der Waals surface area contributed by atoms with Crippen molar-refractivity contribution in [2.75, 3.05) is 24.5 Å². The number of rotatable bonds is 13. The molecular weight excluding hydrogens is 631 g/mol. The summed E-state index contributed by atoms with van der Waals surface area (Å²) in [5, 5.41) is 15.1. The number of nitro groups is 1. The van der Waals surface area contributed by atoms with Crippen molar-refractivity contribution >= 4 is 56.4 Å². The van der Waals surface area contributed by atoms with Crippen molar-refractivity contribution in [1.82, 2.24) is 10.2 Å². The minimum Gasteiger partial charge on any atom is -0.495 e. The summed E-state index contributed by atoms with van der Waals surface area (Å²) in [7, 11) is -3.30. The Morgan fingerprint density at radius 3 is 2.23 bits per heavy atom. The number of nitrogens with one attached hydrogen (secondary N) is 1. The van der Waals surface area contributed by atoms with E-state index in [-0.39, 0.29) is 34.5 Å². The van der Waals surface area contributed by atoms with Gasteiger partial charge in [-0.25, -0.2) is 8.42 Å². The number of methoxy groups -OCH3 is 1. The number of halogens is 2. The van der Waals surface area contributed by atoms with Crippen molar-refractivity contribution < 1.29 is 27.7 Å². The van der Waals surface area contributed by atoms with Gasteiger partial charge in [-0.05, 0) is 61.7 Å². The predicted molar refractivity (Wildman–Crippen MR) is 170 cm³/mol. The van der Waals surface area contributed by atoms with Crippen LogP contribution in [0.5, 0.6) is 5.75 Å². The molecule has 11 nitrogen and oxygen atoms in total. The summed E-state index contributed by atoms with van der Waals surface area (Å²) in [5.41, 5.74) is 0.428. The first kappa shape index (κ1) is 34.6. The molecule has 0 bridgehead atoms. The second kappa shape index (κ2) is 14.7. The van der Waals surface area contributed by atoms with Crippen LogP contribution in [0.3, 0.4) is 0 Å². The first-order valence-corrected chi connectivity index (χ1v) is 15.8. The molecule has 1 N–H and O–H groups in total. The Hall–Kier alpha value is -3.87. The maximum Gasteiger partial charge on any atom is 0.273 e. The zero-order valence-electron chi connectivity index (χ0n) is 24.9. The number of nitrogens with zero attached hydrogens (tertiary/aromatic N) is 3. The fraction of sp³-hybridized carbons (Fsp3) is 0.333. The second-order valence-corrected chi connectivity index (χ2v) is 13.2. The molecule has 0 heterocycles. The maximum absolute atomic E-state index is 14.2. The molecule has 3 aromatic rings. The lowest BCUT2D eigenvalue weighted by atomic mass is 10.1. The molecule has 0 saturated carbocycles. The van der Waals surface area contributed by atoms with E-state index in [0.29, 0.717) is 17.1 Å². The summed E-state index contributed by atoms with van der Waals surface area (Å²) in [6, 6.07) is 13.4. The van der Waals surface area contributed by atoms with E-state index in [1.54, 1.807) is 31.2 Å². The molecule has 14 heteroatoms. The molecule has 0 fully saturated rings. The van der Waals surface area contributed by atoms with Crippen molar-refractivity contribution in [3.05, 3.63) is 92.0 Å². The van der Waals surface area contributed by atoms with Gasteiger partial charge >= 0.3 is 0 Å². The van der Waals surface area contributed by atoms with Crippen LogP contribution in [0, 0.1) is 23.0 Å². The molecule has 0 unspecified atom stereocenters. The van der Waals surface area contributed by atoms with Gasteiger partial charge in [0.15, 0.2) is 0 Å². The topological polar surface area (TPSA) is 139 Å². The van der Waals surface area contributed by atoms with Gasteiger partial charge in [-0.15, -0.1) is 0 Å². The Balaban J connectivity index is 2.14. The fourth-order valence-corrected chi connectivity index (χ4v) is 6.00. The summed E-state index contributed by atoms with van der Waals surface area (Å²) >= 11 is 12.3. The Morgan fingerprint density at radius 1 is 1.00 bits per heavy atom. The largest absolute Gasteiger partial charge is 0.495 e. The summed E-state index contributed by atoms with van der Waals surface area (Å²) in [4.78, 5) is 39.0. The molecule has 44 heavy (non-hydrogen) atoms. The van der Waals surface area contributed by atoms with E-state index in [4.69, 9.17) is 27.9 Å². The highest BCUT2D eigenvalue weighted by Crippen LogP contribution is 2.36. The van der Waals surface area contributed by atoms with Crippen LogP contribution < -0.4 is 14.4 Å². The molecule has 3 aromatic carbocycles. The van der Waals surface area contributed by atoms with Crippen LogP contribution in [0.25, 0.3) is 0 Å². The molecule has 0 aliphatic heterocycles. The predicted octanol–water partition coefficient (Wildman–Crippen LogP) is 5.60. The number of ether oxygens (including phenoxy) is 1. The molecule has 0 spiro atoms. The van der Waals surface area contributed by atoms with E-state index in [1.165, 1.54) is 49.3 Å². The van der Waals surface area contributed by atoms with Crippen LogP contribution in [-0.4, -0.2) is 56.3 Å². The molecule has 2 amide bonds. The number of nitro benzene ring substituents is 1. The smallest absolute Gasteiger partial charge is 0.273 e. The average molecular weight is 666 g/mol. The van der Waals surface area contributed by atoms with Crippen molar-refractivity contribution in [3.8, 4) is 5.75 Å². The van der Waals surface area contributed by atoms with E-state index in [2.05, 4.69) is 5.32 Å². The van der Waals surface area contributed by atoms with Gasteiger partial charge < -0.3 is 15.0 Å². The number of sulfonamides is 1. The Labute approximate surface area is 266 Å². The zero-order valence-corrected chi connectivity index (χ0v) is 27.2. The van der Waals surface area contributed by atoms with E-state index < -0.39 is 49.9 Å². The van der Waals surface area contributed by atoms with Crippen molar-refractivity contribution in [1.29, 1.82) is 0 Å². The van der Waals surface area contributed by atoms with Gasteiger partial charge in [-0.2, -0.15) is 0 Å². The van der Waals surface area contributed by atoms with Crippen molar-refractivity contribution in [2.45, 2.75) is 45.2 Å². The number of amides is 2. The average Bonchev–Trinajstić information content (AvgIpc) is 2.97. The molecule has 3 rings (SSSR count). The highest BCUT2D eigenvalue weighted by Gasteiger charge is 2.35. The Bertz CT molecular complexity index is 1630. The van der Waals surface area contributed by atoms with Crippen LogP contribution in [0.15, 0.2) is 65.6 Å². The molecule has 0 aliphatic carbocycles. The monoisotopic (exact) mass is 664 g/mol. The zero-order chi connectivity index (χ0) is 32.8. The Morgan fingerprint density at radius 2 is 1.64 bits per heavy atom. The summed E-state index contributed by atoms with van der Waals surface area (Å²) in [6.45, 7) is 6.44. The minimum atomic E-state index is -4.63. The lowest BCUT2D eigenvalue weighted by molar-refractivity contribution is -0.385. The second-order valence-electron chi connectivity index (χ2n) is 10.5. The minimum absolute atomic E-state index is 0.0388. The number of benzene rings is 3. The third kappa shape index (κ3) is 8.40. The number of carbonyl (C=O) groups is 2. The first-order chi connectivity index (χ1) is 20.6. The summed E-state index contributed by atoms with van der Waals surface area (Å²) < 4.78 is 34.5. The molecule has 0 radical (unpaired) electrons. The van der Waals surface area contributed by atoms with Crippen molar-refractivity contribution in [2.24, 2.45) is 5.92 Å². The van der Waals surface area contributed by atoms with Crippen LogP contribution in [-0.2, 0) is 26.2 Å². The van der Waals surface area contributed by atoms with E-state index in [0.717, 1.165) is 10.4 Å². The lowest BCUT2D eigenvalue weighted by Crippen LogP contribution is -2.51. The van der Waals surface area contributed by atoms with Crippen LogP contribution in [0.2, 0.25) is 10.0 Å². The van der Waals surface area contributed by atoms with E-state index in [9.17, 15) is 28.1 Å². The lowest BCUT2D eigenvalue weighted by Gasteiger charge is -2.32. The first-order valence-electron chi connectivity index (χ1n) is 13.6. The molecule has 236 valence electrons. The highest BCUT2D eigenvalue weighted by atomic mass is 35.5. The molecule has 0 saturated heterocycles. The summed E-state index contributed by atoms with van der Waals surface area (Å²) in [6.07, 6.45) is 0. The van der Waals surface area contributed by atoms with Gasteiger partial charge in [0.2, 0.25) is 11.8 Å². The number of hydrogen-bond donors (Lipinski definition) is 1. The van der Waals surface area contributed by atoms with Gasteiger partial charge in [-0.3, -0.25) is 24.0 Å². The maximum atomic E-state index is 14.2. The van der Waals surface area contributed by atoms with E-state index in [1.807, 2.05) is 13.8 Å². The third-order valence-corrected chi connectivity index (χ3v) is 9.01. The standard InChI is InChI=1S/C30H34Cl2N4O7S/c1-19(2)16-33-30(38)21(4)34(17-22-7-9-23(31)10-8-22)29(37)18-35(27-14-24(32)11-13-28(27)43-5)44(41,42)25-12-6-20(3)26(15-25)36(39)40/h6-15,19,21H,16-18H2,1-5H3,(H,33,38)/t21-/m0/s1. The number of aryl methyl sites for hydroxylation is 1. The van der Waals surface area contributed by atoms with Crippen LogP contribution >= 0.6 is 23.2 Å². The highest BCUT2D eigenvalue weighted by molar-refractivity contribution is 7.92. The molecular formula is C30H34Cl2N4O7S. The van der Waals surface area contributed by atoms with Gasteiger partial charge in [0, 0.05) is 34.8 Å². The summed E-state index contributed by atoms with van der Waals surface area (Å²) in [5.74, 6) is -0.912.